The predicted molar refractivity (Wildman–Crippen MR) is 115 cm³/mol. The molecule has 13 heteroatoms. The van der Waals surface area contributed by atoms with Crippen molar-refractivity contribution in [2.24, 2.45) is 5.16 Å². The summed E-state index contributed by atoms with van der Waals surface area (Å²) in [6.07, 6.45) is -9.62. The van der Waals surface area contributed by atoms with Gasteiger partial charge in [-0.25, -0.2) is 0 Å². The quantitative estimate of drug-likeness (QED) is 0.220. The fourth-order valence-electron chi connectivity index (χ4n) is 3.27. The molecule has 1 heterocycles. The number of amides is 1. The van der Waals surface area contributed by atoms with Gasteiger partial charge in [0.25, 0.3) is 5.91 Å². The first-order valence-corrected chi connectivity index (χ1v) is 10.6. The second kappa shape index (κ2) is 10.1. The Morgan fingerprint density at radius 3 is 2.34 bits per heavy atom. The first kappa shape index (κ1) is 26.3. The summed E-state index contributed by atoms with van der Waals surface area (Å²) >= 11 is 0.971. The van der Waals surface area contributed by atoms with Gasteiger partial charge >= 0.3 is 12.4 Å². The number of carbonyl (C=O) groups is 1. The van der Waals surface area contributed by atoms with Crippen molar-refractivity contribution >= 4 is 22.8 Å². The predicted octanol–water partition coefficient (Wildman–Crippen LogP) is 5.74. The molecule has 1 amide bonds. The number of nitrogens with one attached hydrogen (secondary N) is 1. The molecular weight excluding hydrogens is 502 g/mol. The third-order valence-corrected chi connectivity index (χ3v) is 6.04. The van der Waals surface area contributed by atoms with E-state index in [0.29, 0.717) is 28.5 Å². The number of rotatable bonds is 6. The number of methoxy groups -OCH3 is 1. The zero-order valence-corrected chi connectivity index (χ0v) is 19.0. The molecule has 0 radical (unpaired) electrons. The Labute approximate surface area is 199 Å². The maximum atomic E-state index is 13.4. The summed E-state index contributed by atoms with van der Waals surface area (Å²) in [6.45, 7) is 1.06. The van der Waals surface area contributed by atoms with Crippen LogP contribution in [0, 0.1) is 0 Å². The lowest BCUT2D eigenvalue weighted by Crippen LogP contribution is -2.19. The van der Waals surface area contributed by atoms with Crippen molar-refractivity contribution in [2.75, 3.05) is 7.11 Å². The fraction of sp³-hybridized carbons (Fsp3) is 0.273. The minimum Gasteiger partial charge on any atom is -0.493 e. The van der Waals surface area contributed by atoms with Gasteiger partial charge in [0, 0.05) is 5.56 Å². The number of hydrogen-bond donors (Lipinski definition) is 2. The summed E-state index contributed by atoms with van der Waals surface area (Å²) in [4.78, 5) is 12.3. The van der Waals surface area contributed by atoms with Gasteiger partial charge in [-0.2, -0.15) is 26.3 Å². The van der Waals surface area contributed by atoms with E-state index >= 15 is 0 Å². The Balaban J connectivity index is 1.81. The normalized spacial score (nSPS) is 16.9. The van der Waals surface area contributed by atoms with E-state index in [0.717, 1.165) is 17.8 Å². The zero-order valence-electron chi connectivity index (χ0n) is 18.2. The first-order chi connectivity index (χ1) is 16.3. The molecule has 2 aromatic carbocycles. The number of nitrogens with zero attached hydrogens (tertiary/aromatic N) is 1. The van der Waals surface area contributed by atoms with Crippen LogP contribution in [0.4, 0.5) is 26.3 Å². The van der Waals surface area contributed by atoms with Crippen LogP contribution in [0.15, 0.2) is 52.0 Å². The molecule has 1 aliphatic rings. The van der Waals surface area contributed by atoms with Gasteiger partial charge in [0.1, 0.15) is 6.61 Å². The van der Waals surface area contributed by atoms with Crippen molar-refractivity contribution in [3.05, 3.63) is 69.1 Å². The number of halogens is 6. The van der Waals surface area contributed by atoms with Gasteiger partial charge in [0.05, 0.1) is 23.1 Å². The number of allylic oxidation sites excluding steroid dienone is 1. The van der Waals surface area contributed by atoms with Crippen LogP contribution in [-0.4, -0.2) is 23.4 Å². The molecular formula is C22H18F6N2O4S. The van der Waals surface area contributed by atoms with Crippen LogP contribution < -0.4 is 14.8 Å². The number of ether oxygens (including phenoxy) is 2. The van der Waals surface area contributed by atoms with Gasteiger partial charge in [0.15, 0.2) is 11.5 Å². The fourth-order valence-corrected chi connectivity index (χ4v) is 4.04. The van der Waals surface area contributed by atoms with Gasteiger partial charge in [0.2, 0.25) is 5.17 Å². The third-order valence-electron chi connectivity index (χ3n) is 4.93. The Morgan fingerprint density at radius 1 is 1.06 bits per heavy atom. The molecule has 0 spiro atoms. The molecule has 2 N–H and O–H groups in total. The topological polar surface area (TPSA) is 80.2 Å². The highest BCUT2D eigenvalue weighted by Gasteiger charge is 2.38. The number of carbonyl (C=O) groups excluding carboxylic acids is 1. The van der Waals surface area contributed by atoms with Crippen LogP contribution in [0.25, 0.3) is 0 Å². The van der Waals surface area contributed by atoms with Gasteiger partial charge < -0.3 is 14.7 Å². The Kier molecular flexibility index (Phi) is 7.58. The van der Waals surface area contributed by atoms with E-state index in [1.165, 1.54) is 13.2 Å². The van der Waals surface area contributed by atoms with Crippen LogP contribution in [0.2, 0.25) is 0 Å². The standard InChI is InChI=1S/C22H18F6N2O4S/c1-11(18-19(31)29-20(30-32)35-18)7-12-3-6-16(17(8-12)33-2)34-10-13-4-5-14(21(23,24)25)9-15(13)22(26,27)28/h3-6,8-9,32H,7,10H2,1-2H3,(H,29,30,31)/b18-11+. The van der Waals surface area contributed by atoms with Crippen molar-refractivity contribution in [1.82, 2.24) is 5.32 Å². The molecule has 188 valence electrons. The van der Waals surface area contributed by atoms with Gasteiger partial charge in [-0.1, -0.05) is 17.3 Å². The van der Waals surface area contributed by atoms with Crippen LogP contribution in [-0.2, 0) is 30.2 Å². The lowest BCUT2D eigenvalue weighted by molar-refractivity contribution is -0.143. The number of thioether (sulfide) groups is 1. The molecule has 0 aromatic heterocycles. The number of hydrogen-bond acceptors (Lipinski definition) is 6. The van der Waals surface area contributed by atoms with Gasteiger partial charge in [-0.05, 0) is 60.5 Å². The average molecular weight is 520 g/mol. The third kappa shape index (κ3) is 6.21. The van der Waals surface area contributed by atoms with Crippen molar-refractivity contribution in [2.45, 2.75) is 32.3 Å². The van der Waals surface area contributed by atoms with Crippen LogP contribution in [0.3, 0.4) is 0 Å². The highest BCUT2D eigenvalue weighted by molar-refractivity contribution is 8.18. The average Bonchev–Trinajstić information content (AvgIpc) is 3.17. The summed E-state index contributed by atoms with van der Waals surface area (Å²) in [7, 11) is 1.32. The van der Waals surface area contributed by atoms with Crippen molar-refractivity contribution in [3.63, 3.8) is 0 Å². The lowest BCUT2D eigenvalue weighted by atomic mass is 10.0. The number of amidine groups is 1. The molecule has 1 aliphatic heterocycles. The summed E-state index contributed by atoms with van der Waals surface area (Å²) in [5.74, 6) is -0.150. The van der Waals surface area contributed by atoms with E-state index in [1.807, 2.05) is 0 Å². The van der Waals surface area contributed by atoms with E-state index in [-0.39, 0.29) is 22.7 Å². The number of oxime groups is 1. The smallest absolute Gasteiger partial charge is 0.416 e. The first-order valence-electron chi connectivity index (χ1n) is 9.81. The summed E-state index contributed by atoms with van der Waals surface area (Å²) < 4.78 is 89.4. The number of alkyl halides is 6. The molecule has 0 unspecified atom stereocenters. The van der Waals surface area contributed by atoms with E-state index < -0.39 is 41.6 Å². The highest BCUT2D eigenvalue weighted by Crippen LogP contribution is 2.38. The van der Waals surface area contributed by atoms with E-state index in [9.17, 15) is 31.1 Å². The van der Waals surface area contributed by atoms with Crippen LogP contribution in [0.5, 0.6) is 11.5 Å². The summed E-state index contributed by atoms with van der Waals surface area (Å²) in [6, 6.07) is 5.98. The molecule has 35 heavy (non-hydrogen) atoms. The second-order valence-corrected chi connectivity index (χ2v) is 8.39. The minimum atomic E-state index is -5.01. The maximum absolute atomic E-state index is 13.4. The Morgan fingerprint density at radius 2 is 1.77 bits per heavy atom. The number of benzene rings is 2. The van der Waals surface area contributed by atoms with E-state index in [1.54, 1.807) is 19.1 Å². The van der Waals surface area contributed by atoms with E-state index in [2.05, 4.69) is 10.5 Å². The van der Waals surface area contributed by atoms with E-state index in [4.69, 9.17) is 14.7 Å². The van der Waals surface area contributed by atoms with Gasteiger partial charge in [-0.15, -0.1) is 0 Å². The van der Waals surface area contributed by atoms with Crippen LogP contribution in [0.1, 0.15) is 29.2 Å². The largest absolute Gasteiger partial charge is 0.493 e. The lowest BCUT2D eigenvalue weighted by Gasteiger charge is -2.17. The van der Waals surface area contributed by atoms with Crippen LogP contribution >= 0.6 is 11.8 Å². The van der Waals surface area contributed by atoms with Crippen molar-refractivity contribution < 1.29 is 45.8 Å². The molecule has 0 aliphatic carbocycles. The molecule has 2 aromatic rings. The molecule has 0 bridgehead atoms. The zero-order chi connectivity index (χ0) is 26.0. The SMILES string of the molecule is COc1cc(C/C(C)=C2/SC(=NO)NC2=O)ccc1OCc1ccc(C(F)(F)F)cc1C(F)(F)F. The molecule has 6 nitrogen and oxygen atoms in total. The monoisotopic (exact) mass is 520 g/mol. The molecule has 3 rings (SSSR count). The minimum absolute atomic E-state index is 0.0483. The molecule has 1 saturated heterocycles. The highest BCUT2D eigenvalue weighted by atomic mass is 32.2. The van der Waals surface area contributed by atoms with Crippen molar-refractivity contribution in [1.29, 1.82) is 0 Å². The molecule has 0 atom stereocenters. The van der Waals surface area contributed by atoms with Crippen molar-refractivity contribution in [3.8, 4) is 11.5 Å². The second-order valence-electron chi connectivity index (χ2n) is 7.39. The maximum Gasteiger partial charge on any atom is 0.416 e. The Hall–Kier alpha value is -3.35. The molecule has 0 saturated carbocycles. The van der Waals surface area contributed by atoms with Gasteiger partial charge in [-0.3, -0.25) is 10.1 Å². The summed E-state index contributed by atoms with van der Waals surface area (Å²) in [5, 5.41) is 14.2. The summed E-state index contributed by atoms with van der Waals surface area (Å²) in [5.41, 5.74) is -1.97. The molecule has 1 fully saturated rings. The Bertz CT molecular complexity index is 1190.